The van der Waals surface area contributed by atoms with Crippen LogP contribution in [0.5, 0.6) is 0 Å². The van der Waals surface area contributed by atoms with Gasteiger partial charge in [-0.15, -0.1) is 0 Å². The first-order valence-corrected chi connectivity index (χ1v) is 8.71. The monoisotopic (exact) mass is 370 g/mol. The van der Waals surface area contributed by atoms with E-state index in [0.717, 1.165) is 37.1 Å². The SMILES string of the molecule is O=C(c1cc(Cl)cc(Br)c1)N1CCCC2(CCCNC2)C1. The van der Waals surface area contributed by atoms with Crippen LogP contribution in [0.2, 0.25) is 5.02 Å². The Labute approximate surface area is 139 Å². The van der Waals surface area contributed by atoms with Crippen molar-refractivity contribution in [3.63, 3.8) is 0 Å². The van der Waals surface area contributed by atoms with Crippen LogP contribution in [-0.4, -0.2) is 37.0 Å². The quantitative estimate of drug-likeness (QED) is 0.816. The minimum absolute atomic E-state index is 0.0999. The molecule has 2 aliphatic heterocycles. The Balaban J connectivity index is 1.77. The molecule has 5 heteroatoms. The van der Waals surface area contributed by atoms with Crippen molar-refractivity contribution < 1.29 is 4.79 Å². The summed E-state index contributed by atoms with van der Waals surface area (Å²) in [5, 5.41) is 4.09. The van der Waals surface area contributed by atoms with E-state index < -0.39 is 0 Å². The highest BCUT2D eigenvalue weighted by atomic mass is 79.9. The summed E-state index contributed by atoms with van der Waals surface area (Å²) in [6.07, 6.45) is 4.76. The first-order chi connectivity index (χ1) is 10.1. The molecule has 1 amide bonds. The van der Waals surface area contributed by atoms with Gasteiger partial charge in [0.1, 0.15) is 0 Å². The number of rotatable bonds is 1. The van der Waals surface area contributed by atoms with Crippen molar-refractivity contribution in [1.82, 2.24) is 10.2 Å². The average Bonchev–Trinajstić information content (AvgIpc) is 2.46. The highest BCUT2D eigenvalue weighted by molar-refractivity contribution is 9.10. The van der Waals surface area contributed by atoms with Crippen molar-refractivity contribution in [1.29, 1.82) is 0 Å². The largest absolute Gasteiger partial charge is 0.338 e. The van der Waals surface area contributed by atoms with Gasteiger partial charge in [-0.05, 0) is 50.4 Å². The van der Waals surface area contributed by atoms with Crippen LogP contribution in [0.4, 0.5) is 0 Å². The fourth-order valence-corrected chi connectivity index (χ4v) is 4.48. The molecule has 0 saturated carbocycles. The van der Waals surface area contributed by atoms with E-state index in [-0.39, 0.29) is 11.3 Å². The number of halogens is 2. The fourth-order valence-electron chi connectivity index (χ4n) is 3.62. The summed E-state index contributed by atoms with van der Waals surface area (Å²) in [7, 11) is 0. The molecule has 3 nitrogen and oxygen atoms in total. The summed E-state index contributed by atoms with van der Waals surface area (Å²) in [4.78, 5) is 14.8. The zero-order chi connectivity index (χ0) is 14.9. The maximum Gasteiger partial charge on any atom is 0.253 e. The lowest BCUT2D eigenvalue weighted by molar-refractivity contribution is 0.0434. The van der Waals surface area contributed by atoms with Gasteiger partial charge in [0, 0.05) is 40.1 Å². The molecule has 2 saturated heterocycles. The van der Waals surface area contributed by atoms with Crippen molar-refractivity contribution in [3.8, 4) is 0 Å². The molecule has 2 heterocycles. The Hall–Kier alpha value is -0.580. The van der Waals surface area contributed by atoms with Crippen LogP contribution in [0.15, 0.2) is 22.7 Å². The smallest absolute Gasteiger partial charge is 0.253 e. The first kappa shape index (κ1) is 15.3. The minimum Gasteiger partial charge on any atom is -0.338 e. The molecule has 0 radical (unpaired) electrons. The van der Waals surface area contributed by atoms with Gasteiger partial charge in [-0.2, -0.15) is 0 Å². The van der Waals surface area contributed by atoms with Crippen LogP contribution in [0.3, 0.4) is 0 Å². The molecule has 0 bridgehead atoms. The molecular formula is C16H20BrClN2O. The normalized spacial score (nSPS) is 26.1. The van der Waals surface area contributed by atoms with Crippen LogP contribution in [0.1, 0.15) is 36.0 Å². The van der Waals surface area contributed by atoms with Crippen molar-refractivity contribution in [2.75, 3.05) is 26.2 Å². The number of piperidine rings is 2. The minimum atomic E-state index is 0.0999. The highest BCUT2D eigenvalue weighted by Crippen LogP contribution is 2.36. The lowest BCUT2D eigenvalue weighted by Crippen LogP contribution is -2.52. The van der Waals surface area contributed by atoms with Crippen LogP contribution in [0.25, 0.3) is 0 Å². The molecule has 21 heavy (non-hydrogen) atoms. The lowest BCUT2D eigenvalue weighted by Gasteiger charge is -2.45. The van der Waals surface area contributed by atoms with E-state index in [1.165, 1.54) is 19.3 Å². The Bertz CT molecular complexity index is 517. The molecule has 1 unspecified atom stereocenters. The van der Waals surface area contributed by atoms with E-state index in [9.17, 15) is 4.79 Å². The summed E-state index contributed by atoms with van der Waals surface area (Å²) in [6, 6.07) is 5.42. The summed E-state index contributed by atoms with van der Waals surface area (Å²) < 4.78 is 0.851. The van der Waals surface area contributed by atoms with E-state index in [1.807, 2.05) is 11.0 Å². The number of amides is 1. The summed E-state index contributed by atoms with van der Waals surface area (Å²) >= 11 is 9.47. The Kier molecular flexibility index (Phi) is 4.57. The van der Waals surface area contributed by atoms with E-state index in [2.05, 4.69) is 21.2 Å². The van der Waals surface area contributed by atoms with Gasteiger partial charge in [0.05, 0.1) is 0 Å². The van der Waals surface area contributed by atoms with Crippen molar-refractivity contribution in [2.45, 2.75) is 25.7 Å². The van der Waals surface area contributed by atoms with Gasteiger partial charge in [0.15, 0.2) is 0 Å². The summed E-state index contributed by atoms with van der Waals surface area (Å²) in [6.45, 7) is 3.86. The van der Waals surface area contributed by atoms with Crippen LogP contribution in [0, 0.1) is 5.41 Å². The topological polar surface area (TPSA) is 32.3 Å². The van der Waals surface area contributed by atoms with Crippen molar-refractivity contribution in [2.24, 2.45) is 5.41 Å². The second-order valence-electron chi connectivity index (χ2n) is 6.27. The van der Waals surface area contributed by atoms with E-state index in [0.29, 0.717) is 10.6 Å². The third kappa shape index (κ3) is 3.43. The third-order valence-corrected chi connectivity index (χ3v) is 5.29. The maximum absolute atomic E-state index is 12.8. The third-order valence-electron chi connectivity index (χ3n) is 4.62. The first-order valence-electron chi connectivity index (χ1n) is 7.54. The van der Waals surface area contributed by atoms with Crippen LogP contribution in [-0.2, 0) is 0 Å². The van der Waals surface area contributed by atoms with E-state index >= 15 is 0 Å². The number of carbonyl (C=O) groups excluding carboxylic acids is 1. The molecule has 1 atom stereocenters. The van der Waals surface area contributed by atoms with Gasteiger partial charge >= 0.3 is 0 Å². The van der Waals surface area contributed by atoms with Gasteiger partial charge in [0.2, 0.25) is 0 Å². The molecule has 0 aromatic heterocycles. The predicted octanol–water partition coefficient (Wildman–Crippen LogP) is 3.71. The number of likely N-dealkylation sites (tertiary alicyclic amines) is 1. The standard InChI is InChI=1S/C16H20BrClN2O/c17-13-7-12(8-14(18)9-13)15(21)20-6-2-4-16(11-20)3-1-5-19-10-16/h7-9,19H,1-6,10-11H2. The number of carbonyl (C=O) groups is 1. The number of nitrogens with zero attached hydrogens (tertiary/aromatic N) is 1. The summed E-state index contributed by atoms with van der Waals surface area (Å²) in [5.74, 6) is 0.0999. The zero-order valence-corrected chi connectivity index (χ0v) is 14.3. The number of benzene rings is 1. The second kappa shape index (κ2) is 6.27. The van der Waals surface area contributed by atoms with Crippen molar-refractivity contribution in [3.05, 3.63) is 33.3 Å². The van der Waals surface area contributed by atoms with Gasteiger partial charge < -0.3 is 10.2 Å². The maximum atomic E-state index is 12.8. The Morgan fingerprint density at radius 2 is 2.10 bits per heavy atom. The lowest BCUT2D eigenvalue weighted by atomic mass is 9.74. The molecule has 1 spiro atoms. The van der Waals surface area contributed by atoms with Gasteiger partial charge in [-0.25, -0.2) is 0 Å². The fraction of sp³-hybridized carbons (Fsp3) is 0.562. The molecule has 2 fully saturated rings. The molecule has 1 aromatic rings. The molecule has 114 valence electrons. The highest BCUT2D eigenvalue weighted by Gasteiger charge is 2.38. The molecule has 0 aliphatic carbocycles. The van der Waals surface area contributed by atoms with Crippen LogP contribution >= 0.6 is 27.5 Å². The number of nitrogens with one attached hydrogen (secondary N) is 1. The van der Waals surface area contributed by atoms with Gasteiger partial charge in [0.25, 0.3) is 5.91 Å². The number of hydrogen-bond donors (Lipinski definition) is 1. The van der Waals surface area contributed by atoms with Crippen molar-refractivity contribution >= 4 is 33.4 Å². The predicted molar refractivity (Wildman–Crippen MR) is 88.8 cm³/mol. The molecule has 2 aliphatic rings. The average molecular weight is 372 g/mol. The van der Waals surface area contributed by atoms with Gasteiger partial charge in [-0.3, -0.25) is 4.79 Å². The van der Waals surface area contributed by atoms with E-state index in [4.69, 9.17) is 11.6 Å². The van der Waals surface area contributed by atoms with E-state index in [1.54, 1.807) is 12.1 Å². The van der Waals surface area contributed by atoms with Crippen LogP contribution < -0.4 is 5.32 Å². The molecule has 3 rings (SSSR count). The Morgan fingerprint density at radius 3 is 2.81 bits per heavy atom. The van der Waals surface area contributed by atoms with Gasteiger partial charge in [-0.1, -0.05) is 27.5 Å². The Morgan fingerprint density at radius 1 is 1.29 bits per heavy atom. The molecular weight excluding hydrogens is 352 g/mol. The molecule has 1 aromatic carbocycles. The zero-order valence-electron chi connectivity index (χ0n) is 12.0. The molecule has 1 N–H and O–H groups in total. The summed E-state index contributed by atoms with van der Waals surface area (Å²) in [5.41, 5.74) is 0.956. The second-order valence-corrected chi connectivity index (χ2v) is 7.62. The number of hydrogen-bond acceptors (Lipinski definition) is 2.